The minimum atomic E-state index is -1.53. The van der Waals surface area contributed by atoms with Crippen molar-refractivity contribution in [1.29, 1.82) is 0 Å². The van der Waals surface area contributed by atoms with E-state index in [4.69, 9.17) is 16.3 Å². The Morgan fingerprint density at radius 2 is 2.13 bits per heavy atom. The van der Waals surface area contributed by atoms with Crippen molar-refractivity contribution in [1.82, 2.24) is 0 Å². The molecule has 0 bridgehead atoms. The number of alkyl halides is 1. The molecule has 0 N–H and O–H groups in total. The van der Waals surface area contributed by atoms with Crippen LogP contribution in [0.25, 0.3) is 0 Å². The van der Waals surface area contributed by atoms with Crippen LogP contribution in [0.1, 0.15) is 22.8 Å². The Bertz CT molecular complexity index is 441. The van der Waals surface area contributed by atoms with Gasteiger partial charge in [-0.25, -0.2) is 0 Å². The number of hydrogen-bond acceptors (Lipinski definition) is 3. The zero-order valence-corrected chi connectivity index (χ0v) is 8.88. The second-order valence-electron chi connectivity index (χ2n) is 3.49. The molecule has 78 valence electrons. The molecule has 0 aromatic heterocycles. The molecule has 4 heteroatoms. The first-order chi connectivity index (χ1) is 7.03. The van der Waals surface area contributed by atoms with Crippen LogP contribution in [-0.4, -0.2) is 16.8 Å². The zero-order valence-electron chi connectivity index (χ0n) is 8.12. The molecule has 1 aliphatic rings. The maximum Gasteiger partial charge on any atom is 0.304 e. The fourth-order valence-electron chi connectivity index (χ4n) is 1.73. The van der Waals surface area contributed by atoms with Gasteiger partial charge in [-0.3, -0.25) is 9.59 Å². The van der Waals surface area contributed by atoms with Crippen molar-refractivity contribution in [3.63, 3.8) is 0 Å². The fourth-order valence-corrected chi connectivity index (χ4v) is 2.09. The maximum atomic E-state index is 11.8. The number of halogens is 1. The van der Waals surface area contributed by atoms with Crippen molar-refractivity contribution >= 4 is 23.4 Å². The minimum Gasteiger partial charge on any atom is -0.435 e. The van der Waals surface area contributed by atoms with E-state index in [1.165, 1.54) is 6.92 Å². The predicted molar refractivity (Wildman–Crippen MR) is 54.8 cm³/mol. The van der Waals surface area contributed by atoms with Gasteiger partial charge in [-0.05, 0) is 5.56 Å². The quantitative estimate of drug-likeness (QED) is 0.541. The number of carbonyl (C=O) groups excluding carboxylic acids is 2. The second-order valence-corrected chi connectivity index (χ2v) is 4.10. The summed E-state index contributed by atoms with van der Waals surface area (Å²) in [5.74, 6) is -0.888. The SMILES string of the molecule is CC(=O)OC1(Cl)Cc2ccccc2C1=O. The highest BCUT2D eigenvalue weighted by Gasteiger charge is 2.46. The molecule has 1 aliphatic carbocycles. The maximum absolute atomic E-state index is 11.8. The first-order valence-electron chi connectivity index (χ1n) is 4.54. The lowest BCUT2D eigenvalue weighted by atomic mass is 10.1. The molecule has 0 amide bonds. The molecule has 15 heavy (non-hydrogen) atoms. The normalized spacial score (nSPS) is 23.7. The van der Waals surface area contributed by atoms with Crippen LogP contribution in [0.15, 0.2) is 24.3 Å². The van der Waals surface area contributed by atoms with E-state index >= 15 is 0 Å². The molecule has 0 spiro atoms. The van der Waals surface area contributed by atoms with Crippen LogP contribution >= 0.6 is 11.6 Å². The summed E-state index contributed by atoms with van der Waals surface area (Å²) in [5, 5.41) is -1.53. The van der Waals surface area contributed by atoms with E-state index in [0.717, 1.165) is 5.56 Å². The molecular formula is C11H9ClO3. The van der Waals surface area contributed by atoms with Crippen molar-refractivity contribution in [2.75, 3.05) is 0 Å². The summed E-state index contributed by atoms with van der Waals surface area (Å²) in [5.41, 5.74) is 1.35. The lowest BCUT2D eigenvalue weighted by Gasteiger charge is -2.18. The van der Waals surface area contributed by atoms with Crippen LogP contribution in [0.3, 0.4) is 0 Å². The number of hydrogen-bond donors (Lipinski definition) is 0. The van der Waals surface area contributed by atoms with Gasteiger partial charge in [0, 0.05) is 18.9 Å². The van der Waals surface area contributed by atoms with Gasteiger partial charge in [0.25, 0.3) is 5.06 Å². The first-order valence-corrected chi connectivity index (χ1v) is 4.92. The number of carbonyl (C=O) groups is 2. The van der Waals surface area contributed by atoms with Crippen LogP contribution in [0.2, 0.25) is 0 Å². The summed E-state index contributed by atoms with van der Waals surface area (Å²) >= 11 is 5.99. The highest BCUT2D eigenvalue weighted by atomic mass is 35.5. The Morgan fingerprint density at radius 1 is 1.47 bits per heavy atom. The predicted octanol–water partition coefficient (Wildman–Crippen LogP) is 1.92. The lowest BCUT2D eigenvalue weighted by Crippen LogP contribution is -2.34. The third-order valence-corrected chi connectivity index (χ3v) is 2.71. The van der Waals surface area contributed by atoms with E-state index < -0.39 is 11.0 Å². The first kappa shape index (κ1) is 10.2. The molecule has 0 saturated heterocycles. The van der Waals surface area contributed by atoms with Gasteiger partial charge in [-0.1, -0.05) is 35.9 Å². The molecule has 1 atom stereocenters. The molecule has 0 heterocycles. The Morgan fingerprint density at radius 3 is 2.73 bits per heavy atom. The monoisotopic (exact) mass is 224 g/mol. The molecule has 2 rings (SSSR count). The van der Waals surface area contributed by atoms with Crippen LogP contribution in [-0.2, 0) is 16.0 Å². The topological polar surface area (TPSA) is 43.4 Å². The number of rotatable bonds is 1. The summed E-state index contributed by atoms with van der Waals surface area (Å²) in [6, 6.07) is 7.07. The smallest absolute Gasteiger partial charge is 0.304 e. The molecule has 0 aliphatic heterocycles. The van der Waals surface area contributed by atoms with Gasteiger partial charge < -0.3 is 4.74 Å². The number of Topliss-reactive ketones (excluding diaryl/α,β-unsaturated/α-hetero) is 1. The van der Waals surface area contributed by atoms with E-state index in [2.05, 4.69) is 0 Å². The summed E-state index contributed by atoms with van der Waals surface area (Å²) in [7, 11) is 0. The van der Waals surface area contributed by atoms with Crippen LogP contribution in [0.4, 0.5) is 0 Å². The van der Waals surface area contributed by atoms with Crippen molar-refractivity contribution in [3.8, 4) is 0 Å². The number of fused-ring (bicyclic) bond motifs is 1. The number of esters is 1. The number of benzene rings is 1. The zero-order chi connectivity index (χ0) is 11.1. The van der Waals surface area contributed by atoms with Crippen LogP contribution in [0.5, 0.6) is 0 Å². The largest absolute Gasteiger partial charge is 0.435 e. The molecule has 0 fully saturated rings. The van der Waals surface area contributed by atoms with E-state index in [9.17, 15) is 9.59 Å². The number of ether oxygens (including phenoxy) is 1. The molecule has 3 nitrogen and oxygen atoms in total. The summed E-state index contributed by atoms with van der Waals surface area (Å²) in [6.45, 7) is 1.24. The molecule has 1 aromatic rings. The Kier molecular flexibility index (Phi) is 2.27. The fraction of sp³-hybridized carbons (Fsp3) is 0.273. The molecular weight excluding hydrogens is 216 g/mol. The second kappa shape index (κ2) is 3.35. The third-order valence-electron chi connectivity index (χ3n) is 2.32. The van der Waals surface area contributed by atoms with Gasteiger partial charge in [0.15, 0.2) is 0 Å². The van der Waals surface area contributed by atoms with E-state index in [1.807, 2.05) is 6.07 Å². The average molecular weight is 225 g/mol. The Labute approximate surface area is 92.0 Å². The van der Waals surface area contributed by atoms with Crippen LogP contribution < -0.4 is 0 Å². The minimum absolute atomic E-state index is 0.239. The van der Waals surface area contributed by atoms with E-state index in [0.29, 0.717) is 5.56 Å². The third kappa shape index (κ3) is 1.63. The highest BCUT2D eigenvalue weighted by Crippen LogP contribution is 2.35. The standard InChI is InChI=1S/C11H9ClO3/c1-7(13)15-11(12)6-8-4-2-3-5-9(8)10(11)14/h2-5H,6H2,1H3. The lowest BCUT2D eigenvalue weighted by molar-refractivity contribution is -0.146. The molecule has 0 saturated carbocycles. The molecule has 1 unspecified atom stereocenters. The number of ketones is 1. The highest BCUT2D eigenvalue weighted by molar-refractivity contribution is 6.39. The Hall–Kier alpha value is -1.35. The van der Waals surface area contributed by atoms with Gasteiger partial charge in [0.05, 0.1) is 0 Å². The van der Waals surface area contributed by atoms with Gasteiger partial charge in [-0.15, -0.1) is 0 Å². The Balaban J connectivity index is 2.38. The average Bonchev–Trinajstić information content (AvgIpc) is 2.39. The van der Waals surface area contributed by atoms with Gasteiger partial charge >= 0.3 is 5.97 Å². The molecule has 0 radical (unpaired) electrons. The summed E-state index contributed by atoms with van der Waals surface area (Å²) < 4.78 is 4.87. The summed E-state index contributed by atoms with van der Waals surface area (Å²) in [6.07, 6.45) is 0.239. The van der Waals surface area contributed by atoms with Crippen molar-refractivity contribution in [3.05, 3.63) is 35.4 Å². The van der Waals surface area contributed by atoms with Crippen molar-refractivity contribution in [2.24, 2.45) is 0 Å². The van der Waals surface area contributed by atoms with Gasteiger partial charge in [0.2, 0.25) is 5.78 Å². The molecule has 1 aromatic carbocycles. The van der Waals surface area contributed by atoms with Gasteiger partial charge in [-0.2, -0.15) is 0 Å². The van der Waals surface area contributed by atoms with Gasteiger partial charge in [0.1, 0.15) is 0 Å². The van der Waals surface area contributed by atoms with Crippen molar-refractivity contribution in [2.45, 2.75) is 18.4 Å². The van der Waals surface area contributed by atoms with Crippen LogP contribution in [0, 0.1) is 0 Å². The van der Waals surface area contributed by atoms with E-state index in [-0.39, 0.29) is 12.2 Å². The summed E-state index contributed by atoms with van der Waals surface area (Å²) in [4.78, 5) is 22.7. The van der Waals surface area contributed by atoms with E-state index in [1.54, 1.807) is 18.2 Å². The van der Waals surface area contributed by atoms with Crippen molar-refractivity contribution < 1.29 is 14.3 Å².